The van der Waals surface area contributed by atoms with Gasteiger partial charge in [-0.3, -0.25) is 0 Å². The molecule has 1 heterocycles. The van der Waals surface area contributed by atoms with Gasteiger partial charge in [-0.05, 0) is 18.2 Å². The normalized spacial score (nSPS) is 34.3. The minimum Gasteiger partial charge on any atom is -0.396 e. The lowest BCUT2D eigenvalue weighted by molar-refractivity contribution is -0.0224. The van der Waals surface area contributed by atoms with Crippen molar-refractivity contribution in [3.63, 3.8) is 0 Å². The summed E-state index contributed by atoms with van der Waals surface area (Å²) in [6.45, 7) is -0.777. The minimum atomic E-state index is -2.87. The molecule has 0 aromatic rings. The third-order valence-electron chi connectivity index (χ3n) is 2.61. The fourth-order valence-corrected chi connectivity index (χ4v) is 2.89. The molecular formula is C10H20BO6PS. The second-order valence-electron chi connectivity index (χ2n) is 4.38. The molecule has 2 N–H and O–H groups in total. The van der Waals surface area contributed by atoms with Gasteiger partial charge in [-0.2, -0.15) is 0 Å². The number of aliphatic hydroxyl groups is 1. The van der Waals surface area contributed by atoms with Crippen LogP contribution in [-0.2, 0) is 30.5 Å². The van der Waals surface area contributed by atoms with Crippen LogP contribution in [-0.4, -0.2) is 75.8 Å². The van der Waals surface area contributed by atoms with Crippen LogP contribution < -0.4 is 0 Å². The predicted octanol–water partition coefficient (Wildman–Crippen LogP) is -0.389. The van der Waals surface area contributed by atoms with E-state index in [1.54, 1.807) is 0 Å². The van der Waals surface area contributed by atoms with Gasteiger partial charge in [0.2, 0.25) is 0 Å². The van der Waals surface area contributed by atoms with E-state index in [1.807, 2.05) is 0 Å². The Morgan fingerprint density at radius 1 is 1.42 bits per heavy atom. The first kappa shape index (κ1) is 17.5. The van der Waals surface area contributed by atoms with Crippen LogP contribution in [0.4, 0.5) is 0 Å². The molecule has 1 aliphatic rings. The number of ether oxygens (including phenoxy) is 3. The molecule has 0 saturated carbocycles. The lowest BCUT2D eigenvalue weighted by Crippen LogP contribution is -2.38. The second kappa shape index (κ2) is 8.05. The number of rotatable bonds is 8. The fourth-order valence-electron chi connectivity index (χ4n) is 1.88. The van der Waals surface area contributed by atoms with Crippen LogP contribution in [0, 0.1) is 0 Å². The molecule has 1 aliphatic heterocycles. The molecule has 0 amide bonds. The molecule has 2 radical (unpaired) electrons. The molecule has 6 nitrogen and oxygen atoms in total. The number of hydrogen-bond acceptors (Lipinski definition) is 6. The van der Waals surface area contributed by atoms with E-state index in [4.69, 9.17) is 43.5 Å². The topological polar surface area (TPSA) is 77.4 Å². The van der Waals surface area contributed by atoms with Crippen molar-refractivity contribution in [3.05, 3.63) is 0 Å². The van der Waals surface area contributed by atoms with Crippen LogP contribution in [0.25, 0.3) is 0 Å². The molecule has 0 aliphatic carbocycles. The summed E-state index contributed by atoms with van der Waals surface area (Å²) in [6.07, 6.45) is -1.06. The van der Waals surface area contributed by atoms with Gasteiger partial charge in [-0.15, -0.1) is 0 Å². The highest BCUT2D eigenvalue weighted by atomic mass is 32.5. The van der Waals surface area contributed by atoms with Crippen LogP contribution in [0.15, 0.2) is 0 Å². The van der Waals surface area contributed by atoms with Crippen molar-refractivity contribution in [2.45, 2.75) is 30.7 Å². The lowest BCUT2D eigenvalue weighted by atomic mass is 9.93. The average molecular weight is 310 g/mol. The van der Waals surface area contributed by atoms with E-state index in [1.165, 1.54) is 13.8 Å². The largest absolute Gasteiger partial charge is 0.396 e. The molecule has 5 atom stereocenters. The van der Waals surface area contributed by atoms with E-state index >= 15 is 0 Å². The maximum absolute atomic E-state index is 9.71. The molecule has 110 valence electrons. The number of hydrogen-bond donors (Lipinski definition) is 2. The molecule has 1 fully saturated rings. The predicted molar refractivity (Wildman–Crippen MR) is 75.0 cm³/mol. The summed E-state index contributed by atoms with van der Waals surface area (Å²) in [5.74, 6) is 0. The first-order valence-electron chi connectivity index (χ1n) is 6.00. The third kappa shape index (κ3) is 5.77. The van der Waals surface area contributed by atoms with E-state index in [9.17, 15) is 4.89 Å². The Labute approximate surface area is 120 Å². The van der Waals surface area contributed by atoms with Crippen molar-refractivity contribution in [2.75, 3.05) is 33.6 Å². The SMILES string of the molecule is [B][C@@H]1O[C@H](COC)C(OP(C)(O)=S)[C@@H]1OCCCO. The van der Waals surface area contributed by atoms with Crippen molar-refractivity contribution in [2.24, 2.45) is 0 Å². The highest BCUT2D eigenvalue weighted by molar-refractivity contribution is 8.09. The highest BCUT2D eigenvalue weighted by Crippen LogP contribution is 2.43. The van der Waals surface area contributed by atoms with Crippen LogP contribution >= 0.6 is 6.49 Å². The van der Waals surface area contributed by atoms with E-state index in [2.05, 4.69) is 0 Å². The van der Waals surface area contributed by atoms with Crippen LogP contribution in [0.2, 0.25) is 0 Å². The minimum absolute atomic E-state index is 0.0294. The zero-order valence-corrected chi connectivity index (χ0v) is 12.8. The molecule has 0 aromatic carbocycles. The molecule has 9 heteroatoms. The van der Waals surface area contributed by atoms with E-state index in [0.717, 1.165) is 0 Å². The smallest absolute Gasteiger partial charge is 0.183 e. The molecule has 1 saturated heterocycles. The summed E-state index contributed by atoms with van der Waals surface area (Å²) in [5, 5.41) is 8.75. The zero-order valence-electron chi connectivity index (χ0n) is 11.1. The summed E-state index contributed by atoms with van der Waals surface area (Å²) in [5.41, 5.74) is 0. The molecule has 2 unspecified atom stereocenters. The number of methoxy groups -OCH3 is 1. The Balaban J connectivity index is 2.70. The first-order chi connectivity index (χ1) is 8.89. The summed E-state index contributed by atoms with van der Waals surface area (Å²) in [6, 6.07) is -0.676. The van der Waals surface area contributed by atoms with Crippen molar-refractivity contribution in [1.29, 1.82) is 0 Å². The van der Waals surface area contributed by atoms with Gasteiger partial charge in [-0.25, -0.2) is 0 Å². The van der Waals surface area contributed by atoms with Gasteiger partial charge in [0.25, 0.3) is 0 Å². The van der Waals surface area contributed by atoms with Gasteiger partial charge in [-0.1, -0.05) is 0 Å². The van der Waals surface area contributed by atoms with Crippen molar-refractivity contribution in [3.8, 4) is 0 Å². The fraction of sp³-hybridized carbons (Fsp3) is 1.00. The summed E-state index contributed by atoms with van der Waals surface area (Å²) in [4.78, 5) is 9.71. The Bertz CT molecular complexity index is 314. The average Bonchev–Trinajstić information content (AvgIpc) is 2.56. The molecule has 19 heavy (non-hydrogen) atoms. The Kier molecular flexibility index (Phi) is 7.42. The maximum Gasteiger partial charge on any atom is 0.183 e. The monoisotopic (exact) mass is 310 g/mol. The van der Waals surface area contributed by atoms with Gasteiger partial charge < -0.3 is 28.7 Å². The molecule has 0 aromatic heterocycles. The Morgan fingerprint density at radius 3 is 2.63 bits per heavy atom. The highest BCUT2D eigenvalue weighted by Gasteiger charge is 2.45. The van der Waals surface area contributed by atoms with E-state index < -0.39 is 30.8 Å². The van der Waals surface area contributed by atoms with Gasteiger partial charge in [0.15, 0.2) is 6.49 Å². The van der Waals surface area contributed by atoms with Crippen LogP contribution in [0.5, 0.6) is 0 Å². The summed E-state index contributed by atoms with van der Waals surface area (Å²) in [7, 11) is 7.38. The number of aliphatic hydroxyl groups excluding tert-OH is 1. The summed E-state index contributed by atoms with van der Waals surface area (Å²) >= 11 is 4.90. The quantitative estimate of drug-likeness (QED) is 0.359. The second-order valence-corrected chi connectivity index (χ2v) is 8.23. The van der Waals surface area contributed by atoms with Gasteiger partial charge in [0.05, 0.1) is 6.61 Å². The van der Waals surface area contributed by atoms with Crippen molar-refractivity contribution in [1.82, 2.24) is 0 Å². The van der Waals surface area contributed by atoms with Gasteiger partial charge >= 0.3 is 0 Å². The maximum atomic E-state index is 9.71. The Hall–Kier alpha value is 0.475. The molecular weight excluding hydrogens is 290 g/mol. The first-order valence-corrected chi connectivity index (χ1v) is 9.12. The molecule has 0 spiro atoms. The van der Waals surface area contributed by atoms with Crippen molar-refractivity contribution >= 4 is 26.1 Å². The van der Waals surface area contributed by atoms with Crippen molar-refractivity contribution < 1.29 is 28.7 Å². The standard InChI is InChI=1S/C10H20BO6PS/c1-14-6-7-8(17-18(2,13)19)9(10(11)16-7)15-5-3-4-12/h7-10,12H,3-6H2,1-2H3,(H,13,19)/t7-,8?,9+,10-,18?/m1/s1. The Morgan fingerprint density at radius 2 is 2.11 bits per heavy atom. The van der Waals surface area contributed by atoms with Gasteiger partial charge in [0.1, 0.15) is 26.2 Å². The van der Waals surface area contributed by atoms with Crippen LogP contribution in [0.3, 0.4) is 0 Å². The van der Waals surface area contributed by atoms with Gasteiger partial charge in [0, 0.05) is 33.0 Å². The molecule has 0 bridgehead atoms. The van der Waals surface area contributed by atoms with E-state index in [0.29, 0.717) is 13.0 Å². The lowest BCUT2D eigenvalue weighted by Gasteiger charge is -2.26. The zero-order chi connectivity index (χ0) is 14.5. The third-order valence-corrected chi connectivity index (χ3v) is 3.50. The summed E-state index contributed by atoms with van der Waals surface area (Å²) < 4.78 is 21.6. The van der Waals surface area contributed by atoms with E-state index in [-0.39, 0.29) is 13.2 Å². The molecule has 1 rings (SSSR count). The van der Waals surface area contributed by atoms with Crippen LogP contribution in [0.1, 0.15) is 6.42 Å².